The third-order valence-corrected chi connectivity index (χ3v) is 1.49. The largest absolute Gasteiger partial charge is 0.0767 e. The molecule has 0 bridgehead atoms. The molecule has 0 rings (SSSR count). The molecule has 0 saturated heterocycles. The van der Waals surface area contributed by atoms with Gasteiger partial charge in [0.15, 0.2) is 0 Å². The summed E-state index contributed by atoms with van der Waals surface area (Å²) in [6.07, 6.45) is 12.1. The van der Waals surface area contributed by atoms with Crippen LogP contribution in [0.25, 0.3) is 0 Å². The Balaban J connectivity index is 3.02. The van der Waals surface area contributed by atoms with Gasteiger partial charge in [0.2, 0.25) is 0 Å². The molecule has 0 amide bonds. The summed E-state index contributed by atoms with van der Waals surface area (Å²) >= 11 is 3.17. The smallest absolute Gasteiger partial charge is 0.0183 e. The van der Waals surface area contributed by atoms with Crippen molar-refractivity contribution < 1.29 is 0 Å². The van der Waals surface area contributed by atoms with Crippen molar-refractivity contribution in [3.8, 4) is 0 Å². The third-order valence-electron chi connectivity index (χ3n) is 1.23. The second-order valence-electron chi connectivity index (χ2n) is 2.16. The predicted molar refractivity (Wildman–Crippen MR) is 50.0 cm³/mol. The maximum atomic E-state index is 3.17. The molecule has 0 aromatic carbocycles. The van der Waals surface area contributed by atoms with Crippen LogP contribution in [-0.4, -0.2) is 0 Å². The minimum atomic E-state index is 1.16. The van der Waals surface area contributed by atoms with Crippen LogP contribution in [0.15, 0.2) is 17.1 Å². The van der Waals surface area contributed by atoms with Crippen LogP contribution in [0, 0.1) is 6.08 Å². The van der Waals surface area contributed by atoms with Gasteiger partial charge in [-0.1, -0.05) is 41.8 Å². The molecule has 0 unspecified atom stereocenters. The van der Waals surface area contributed by atoms with Gasteiger partial charge in [-0.15, -0.1) is 0 Å². The molecule has 0 aromatic rings. The molecule has 0 fully saturated rings. The summed E-state index contributed by atoms with van der Waals surface area (Å²) < 4.78 is 0. The Hall–Kier alpha value is -0.0400. The second kappa shape index (κ2) is 8.96. The lowest BCUT2D eigenvalue weighted by atomic mass is 10.2. The zero-order valence-electron chi connectivity index (χ0n) is 6.44. The van der Waals surface area contributed by atoms with Crippen LogP contribution in [-0.2, 0) is 0 Å². The highest BCUT2D eigenvalue weighted by atomic mass is 79.9. The lowest BCUT2D eigenvalue weighted by Crippen LogP contribution is -1.69. The van der Waals surface area contributed by atoms with Gasteiger partial charge < -0.3 is 0 Å². The summed E-state index contributed by atoms with van der Waals surface area (Å²) in [6, 6.07) is 0. The van der Waals surface area contributed by atoms with Crippen molar-refractivity contribution >= 4 is 15.9 Å². The molecule has 0 atom stereocenters. The number of allylic oxidation sites excluding steroid dienone is 3. The van der Waals surface area contributed by atoms with Gasteiger partial charge in [-0.25, -0.2) is 0 Å². The van der Waals surface area contributed by atoms with E-state index < -0.39 is 0 Å². The molecule has 0 saturated carbocycles. The van der Waals surface area contributed by atoms with E-state index in [0.29, 0.717) is 0 Å². The minimum absolute atomic E-state index is 1.16. The van der Waals surface area contributed by atoms with Crippen molar-refractivity contribution in [3.05, 3.63) is 23.2 Å². The molecule has 10 heavy (non-hydrogen) atoms. The van der Waals surface area contributed by atoms with Crippen LogP contribution in [0.3, 0.4) is 0 Å². The number of hydrogen-bond acceptors (Lipinski definition) is 0. The third kappa shape index (κ3) is 7.96. The Bertz CT molecular complexity index is 103. The average Bonchev–Trinajstić information content (AvgIpc) is 1.97. The molecule has 0 aliphatic rings. The molecule has 1 radical (unpaired) electrons. The Kier molecular flexibility index (Phi) is 8.92. The molecule has 0 aromatic heterocycles. The summed E-state index contributed by atoms with van der Waals surface area (Å²) in [5, 5.41) is 0. The van der Waals surface area contributed by atoms with Crippen LogP contribution in [0.4, 0.5) is 0 Å². The van der Waals surface area contributed by atoms with Gasteiger partial charge in [-0.05, 0) is 30.0 Å². The van der Waals surface area contributed by atoms with Crippen LogP contribution in [0.1, 0.15) is 32.6 Å². The molecule has 57 valence electrons. The highest BCUT2D eigenvalue weighted by molar-refractivity contribution is 9.11. The lowest BCUT2D eigenvalue weighted by molar-refractivity contribution is 0.729. The van der Waals surface area contributed by atoms with Crippen molar-refractivity contribution in [2.45, 2.75) is 32.6 Å². The van der Waals surface area contributed by atoms with Gasteiger partial charge in [0.1, 0.15) is 0 Å². The van der Waals surface area contributed by atoms with E-state index in [1.807, 2.05) is 11.1 Å². The summed E-state index contributed by atoms with van der Waals surface area (Å²) in [6.45, 7) is 2.21. The van der Waals surface area contributed by atoms with E-state index in [1.54, 1.807) is 0 Å². The molecule has 1 heteroatoms. The minimum Gasteiger partial charge on any atom is -0.0767 e. The maximum absolute atomic E-state index is 3.17. The molecule has 0 heterocycles. The van der Waals surface area contributed by atoms with E-state index >= 15 is 0 Å². The van der Waals surface area contributed by atoms with Gasteiger partial charge in [0.25, 0.3) is 0 Å². The number of hydrogen-bond donors (Lipinski definition) is 0. The first-order chi connectivity index (χ1) is 4.91. The van der Waals surface area contributed by atoms with Crippen LogP contribution >= 0.6 is 15.9 Å². The highest BCUT2D eigenvalue weighted by Crippen LogP contribution is 1.99. The first kappa shape index (κ1) is 9.96. The van der Waals surface area contributed by atoms with Gasteiger partial charge in [0.05, 0.1) is 0 Å². The zero-order chi connectivity index (χ0) is 7.66. The zero-order valence-corrected chi connectivity index (χ0v) is 8.02. The monoisotopic (exact) mass is 201 g/mol. The summed E-state index contributed by atoms with van der Waals surface area (Å²) in [5.41, 5.74) is 0. The fourth-order valence-corrected chi connectivity index (χ4v) is 0.837. The first-order valence-corrected chi connectivity index (χ1v) is 4.66. The van der Waals surface area contributed by atoms with E-state index in [1.165, 1.54) is 19.3 Å². The Morgan fingerprint density at radius 1 is 1.40 bits per heavy atom. The van der Waals surface area contributed by atoms with Crippen LogP contribution < -0.4 is 0 Å². The quantitative estimate of drug-likeness (QED) is 0.469. The molecule has 0 spiro atoms. The van der Waals surface area contributed by atoms with Crippen molar-refractivity contribution in [3.63, 3.8) is 0 Å². The molecule has 0 N–H and O–H groups in total. The van der Waals surface area contributed by atoms with Gasteiger partial charge >= 0.3 is 0 Å². The topological polar surface area (TPSA) is 0 Å². The van der Waals surface area contributed by atoms with Gasteiger partial charge in [0, 0.05) is 0 Å². The molecule has 0 aliphatic heterocycles. The molecule has 0 nitrogen and oxygen atoms in total. The fourth-order valence-electron chi connectivity index (χ4n) is 0.684. The number of unbranched alkanes of at least 4 members (excludes halogenated alkanes) is 3. The van der Waals surface area contributed by atoms with Crippen molar-refractivity contribution in [2.75, 3.05) is 0 Å². The average molecular weight is 202 g/mol. The van der Waals surface area contributed by atoms with Gasteiger partial charge in [-0.2, -0.15) is 0 Å². The standard InChI is InChI=1S/C9H14Br/c1-2-3-4-5-6-7-8-9-10/h6,8-9H,2-5H2,1H3. The normalized spacial score (nSPS) is 11.8. The van der Waals surface area contributed by atoms with Crippen molar-refractivity contribution in [1.29, 1.82) is 0 Å². The highest BCUT2D eigenvalue weighted by Gasteiger charge is 1.79. The Labute approximate surface area is 72.1 Å². The summed E-state index contributed by atoms with van der Waals surface area (Å²) in [7, 11) is 0. The Morgan fingerprint density at radius 3 is 2.80 bits per heavy atom. The summed E-state index contributed by atoms with van der Waals surface area (Å²) in [5.74, 6) is 0. The van der Waals surface area contributed by atoms with Crippen molar-refractivity contribution in [1.82, 2.24) is 0 Å². The van der Waals surface area contributed by atoms with E-state index in [4.69, 9.17) is 0 Å². The maximum Gasteiger partial charge on any atom is -0.0183 e. The molecular weight excluding hydrogens is 188 g/mol. The molecule has 0 aliphatic carbocycles. The fraction of sp³-hybridized carbons (Fsp3) is 0.556. The van der Waals surface area contributed by atoms with E-state index in [0.717, 1.165) is 6.42 Å². The summed E-state index contributed by atoms with van der Waals surface area (Å²) in [4.78, 5) is 1.81. The SMILES string of the molecule is CCCCC/C=[C]/C=CBr. The van der Waals surface area contributed by atoms with E-state index in [9.17, 15) is 0 Å². The predicted octanol–water partition coefficient (Wildman–Crippen LogP) is 3.83. The first-order valence-electron chi connectivity index (χ1n) is 3.74. The number of rotatable bonds is 5. The molecular formula is C9H14Br. The van der Waals surface area contributed by atoms with Crippen LogP contribution in [0.5, 0.6) is 0 Å². The lowest BCUT2D eigenvalue weighted by Gasteiger charge is -1.89. The van der Waals surface area contributed by atoms with Crippen molar-refractivity contribution in [2.24, 2.45) is 0 Å². The van der Waals surface area contributed by atoms with Gasteiger partial charge in [-0.3, -0.25) is 0 Å². The second-order valence-corrected chi connectivity index (χ2v) is 2.69. The van der Waals surface area contributed by atoms with Crippen LogP contribution in [0.2, 0.25) is 0 Å². The van der Waals surface area contributed by atoms with E-state index in [-0.39, 0.29) is 0 Å². The number of halogens is 1. The van der Waals surface area contributed by atoms with E-state index in [2.05, 4.69) is 35.0 Å². The Morgan fingerprint density at radius 2 is 2.20 bits per heavy atom.